The smallest absolute Gasteiger partial charge is 0.131 e. The summed E-state index contributed by atoms with van der Waals surface area (Å²) < 4.78 is 10.6. The van der Waals surface area contributed by atoms with Crippen molar-refractivity contribution >= 4 is 11.6 Å². The van der Waals surface area contributed by atoms with Gasteiger partial charge in [0.05, 0.1) is 6.10 Å². The van der Waals surface area contributed by atoms with Gasteiger partial charge in [-0.2, -0.15) is 0 Å². The molecule has 0 radical (unpaired) electrons. The fourth-order valence-electron chi connectivity index (χ4n) is 2.21. The maximum Gasteiger partial charge on any atom is 0.131 e. The normalized spacial score (nSPS) is 18.2. The summed E-state index contributed by atoms with van der Waals surface area (Å²) in [4.78, 5) is 8.77. The lowest BCUT2D eigenvalue weighted by atomic mass is 10.2. The summed E-state index contributed by atoms with van der Waals surface area (Å²) in [6, 6.07) is 1.94. The van der Waals surface area contributed by atoms with E-state index in [1.54, 1.807) is 7.11 Å². The molecule has 0 spiro atoms. The Morgan fingerprint density at radius 1 is 1.35 bits per heavy atom. The lowest BCUT2D eigenvalue weighted by Crippen LogP contribution is -2.19. The first-order valence-electron chi connectivity index (χ1n) is 7.22. The maximum atomic E-state index is 5.59. The number of methoxy groups -OCH3 is 1. The maximum absolute atomic E-state index is 5.59. The molecule has 0 aromatic carbocycles. The van der Waals surface area contributed by atoms with Crippen LogP contribution in [0.1, 0.15) is 25.1 Å². The first kappa shape index (κ1) is 15.0. The van der Waals surface area contributed by atoms with Crippen LogP contribution in [0.4, 0.5) is 11.6 Å². The van der Waals surface area contributed by atoms with E-state index in [-0.39, 0.29) is 0 Å². The van der Waals surface area contributed by atoms with Gasteiger partial charge in [0.2, 0.25) is 0 Å². The highest BCUT2D eigenvalue weighted by atomic mass is 16.5. The standard InChI is InChI=1S/C14H24N4O2/c1-11-17-13(15-6-4-7-19-2)9-14(18-11)16-10-12-5-3-8-20-12/h9,12H,3-8,10H2,1-2H3,(H2,15,16,17,18). The quantitative estimate of drug-likeness (QED) is 0.708. The molecule has 20 heavy (non-hydrogen) atoms. The van der Waals surface area contributed by atoms with Crippen molar-refractivity contribution in [2.24, 2.45) is 0 Å². The Kier molecular flexibility index (Phi) is 6.01. The average molecular weight is 280 g/mol. The fraction of sp³-hybridized carbons (Fsp3) is 0.714. The van der Waals surface area contributed by atoms with Crippen molar-refractivity contribution in [1.29, 1.82) is 0 Å². The van der Waals surface area contributed by atoms with Gasteiger partial charge >= 0.3 is 0 Å². The van der Waals surface area contributed by atoms with Gasteiger partial charge in [-0.05, 0) is 26.2 Å². The van der Waals surface area contributed by atoms with Crippen molar-refractivity contribution in [3.63, 3.8) is 0 Å². The van der Waals surface area contributed by atoms with E-state index in [2.05, 4.69) is 20.6 Å². The van der Waals surface area contributed by atoms with Gasteiger partial charge in [0.15, 0.2) is 0 Å². The summed E-state index contributed by atoms with van der Waals surface area (Å²) in [5, 5.41) is 6.61. The number of anilines is 2. The zero-order valence-electron chi connectivity index (χ0n) is 12.3. The van der Waals surface area contributed by atoms with Gasteiger partial charge in [-0.15, -0.1) is 0 Å². The first-order chi connectivity index (χ1) is 9.78. The number of nitrogens with one attached hydrogen (secondary N) is 2. The Morgan fingerprint density at radius 3 is 2.85 bits per heavy atom. The van der Waals surface area contributed by atoms with Crippen LogP contribution in [-0.2, 0) is 9.47 Å². The summed E-state index contributed by atoms with van der Waals surface area (Å²) in [6.07, 6.45) is 3.54. The van der Waals surface area contributed by atoms with Crippen LogP contribution in [0.15, 0.2) is 6.07 Å². The van der Waals surface area contributed by atoms with Crippen LogP contribution in [0.2, 0.25) is 0 Å². The molecule has 0 saturated carbocycles. The van der Waals surface area contributed by atoms with Gasteiger partial charge in [0, 0.05) is 39.5 Å². The lowest BCUT2D eigenvalue weighted by molar-refractivity contribution is 0.120. The summed E-state index contributed by atoms with van der Waals surface area (Å²) >= 11 is 0. The summed E-state index contributed by atoms with van der Waals surface area (Å²) in [6.45, 7) is 5.18. The van der Waals surface area contributed by atoms with Crippen molar-refractivity contribution < 1.29 is 9.47 Å². The van der Waals surface area contributed by atoms with Crippen LogP contribution in [0.3, 0.4) is 0 Å². The predicted octanol–water partition coefficient (Wildman–Crippen LogP) is 1.82. The molecule has 0 amide bonds. The van der Waals surface area contributed by atoms with E-state index in [0.29, 0.717) is 6.10 Å². The Balaban J connectivity index is 1.83. The van der Waals surface area contributed by atoms with E-state index in [1.165, 1.54) is 0 Å². The topological polar surface area (TPSA) is 68.3 Å². The van der Waals surface area contributed by atoms with Gasteiger partial charge in [-0.1, -0.05) is 0 Å². The van der Waals surface area contributed by atoms with Crippen molar-refractivity contribution in [1.82, 2.24) is 9.97 Å². The average Bonchev–Trinajstić information content (AvgIpc) is 2.94. The molecular formula is C14H24N4O2. The highest BCUT2D eigenvalue weighted by molar-refractivity contribution is 5.47. The number of hydrogen-bond acceptors (Lipinski definition) is 6. The van der Waals surface area contributed by atoms with E-state index in [9.17, 15) is 0 Å². The predicted molar refractivity (Wildman–Crippen MR) is 79.2 cm³/mol. The van der Waals surface area contributed by atoms with Crippen molar-refractivity contribution in [2.75, 3.05) is 44.0 Å². The Hall–Kier alpha value is -1.40. The molecule has 112 valence electrons. The van der Waals surface area contributed by atoms with E-state index in [4.69, 9.17) is 9.47 Å². The Labute approximate surface area is 120 Å². The van der Waals surface area contributed by atoms with Gasteiger partial charge in [-0.3, -0.25) is 0 Å². The second-order valence-electron chi connectivity index (χ2n) is 4.97. The minimum atomic E-state index is 0.309. The van der Waals surface area contributed by atoms with Crippen LogP contribution < -0.4 is 10.6 Å². The van der Waals surface area contributed by atoms with Crippen LogP contribution in [0, 0.1) is 6.92 Å². The number of aryl methyl sites for hydroxylation is 1. The second kappa shape index (κ2) is 8.01. The number of rotatable bonds is 8. The highest BCUT2D eigenvalue weighted by Crippen LogP contribution is 2.15. The summed E-state index contributed by atoms with van der Waals surface area (Å²) in [5.41, 5.74) is 0. The van der Waals surface area contributed by atoms with Gasteiger partial charge in [0.1, 0.15) is 17.5 Å². The highest BCUT2D eigenvalue weighted by Gasteiger charge is 2.15. The minimum absolute atomic E-state index is 0.309. The molecule has 1 atom stereocenters. The lowest BCUT2D eigenvalue weighted by Gasteiger charge is -2.13. The number of aromatic nitrogens is 2. The second-order valence-corrected chi connectivity index (χ2v) is 4.97. The van der Waals surface area contributed by atoms with E-state index in [1.807, 2.05) is 13.0 Å². The third-order valence-electron chi connectivity index (χ3n) is 3.20. The number of nitrogens with zero attached hydrogens (tertiary/aromatic N) is 2. The molecule has 1 unspecified atom stereocenters. The molecule has 1 fully saturated rings. The molecule has 2 N–H and O–H groups in total. The molecule has 2 heterocycles. The largest absolute Gasteiger partial charge is 0.385 e. The summed E-state index contributed by atoms with van der Waals surface area (Å²) in [5.74, 6) is 2.46. The molecular weight excluding hydrogens is 256 g/mol. The molecule has 6 nitrogen and oxygen atoms in total. The van der Waals surface area contributed by atoms with Gasteiger partial charge in [-0.25, -0.2) is 9.97 Å². The summed E-state index contributed by atoms with van der Waals surface area (Å²) in [7, 11) is 1.71. The fourth-order valence-corrected chi connectivity index (χ4v) is 2.21. The molecule has 1 aliphatic heterocycles. The van der Waals surface area contributed by atoms with Gasteiger partial charge in [0.25, 0.3) is 0 Å². The first-order valence-corrected chi connectivity index (χ1v) is 7.22. The molecule has 1 aromatic rings. The Morgan fingerprint density at radius 2 is 2.15 bits per heavy atom. The van der Waals surface area contributed by atoms with E-state index in [0.717, 1.165) is 63.0 Å². The third kappa shape index (κ3) is 4.94. The number of ether oxygens (including phenoxy) is 2. The van der Waals surface area contributed by atoms with E-state index >= 15 is 0 Å². The molecule has 0 aliphatic carbocycles. The zero-order valence-corrected chi connectivity index (χ0v) is 12.3. The van der Waals surface area contributed by atoms with Crippen molar-refractivity contribution in [2.45, 2.75) is 32.3 Å². The van der Waals surface area contributed by atoms with Crippen molar-refractivity contribution in [3.05, 3.63) is 11.9 Å². The molecule has 1 saturated heterocycles. The van der Waals surface area contributed by atoms with Gasteiger partial charge < -0.3 is 20.1 Å². The molecule has 1 aromatic heterocycles. The monoisotopic (exact) mass is 280 g/mol. The molecule has 0 bridgehead atoms. The van der Waals surface area contributed by atoms with Crippen LogP contribution in [0.25, 0.3) is 0 Å². The molecule has 1 aliphatic rings. The third-order valence-corrected chi connectivity index (χ3v) is 3.20. The number of hydrogen-bond donors (Lipinski definition) is 2. The minimum Gasteiger partial charge on any atom is -0.385 e. The SMILES string of the molecule is COCCCNc1cc(NCC2CCCO2)nc(C)n1. The molecule has 6 heteroatoms. The molecule has 2 rings (SSSR count). The van der Waals surface area contributed by atoms with E-state index < -0.39 is 0 Å². The van der Waals surface area contributed by atoms with Crippen LogP contribution in [0.5, 0.6) is 0 Å². The van der Waals surface area contributed by atoms with Crippen LogP contribution in [-0.4, -0.2) is 49.5 Å². The zero-order chi connectivity index (χ0) is 14.2. The van der Waals surface area contributed by atoms with Crippen LogP contribution >= 0.6 is 0 Å². The Bertz CT molecular complexity index is 408. The van der Waals surface area contributed by atoms with Crippen molar-refractivity contribution in [3.8, 4) is 0 Å².